The molecule has 1 aromatic heterocycles. The molecule has 0 amide bonds. The van der Waals surface area contributed by atoms with Gasteiger partial charge in [-0.1, -0.05) is 25.4 Å². The molecular formula is C15H20ClN3O. The Morgan fingerprint density at radius 1 is 1.45 bits per heavy atom. The molecule has 1 atom stereocenters. The summed E-state index contributed by atoms with van der Waals surface area (Å²) in [6, 6.07) is 5.02. The number of fused-ring (bicyclic) bond motifs is 1. The maximum absolute atomic E-state index is 6.15. The van der Waals surface area contributed by atoms with Crippen LogP contribution in [-0.2, 0) is 6.42 Å². The average Bonchev–Trinajstić information content (AvgIpc) is 2.89. The van der Waals surface area contributed by atoms with E-state index in [1.165, 1.54) is 0 Å². The summed E-state index contributed by atoms with van der Waals surface area (Å²) >= 11 is 6.15. The van der Waals surface area contributed by atoms with Crippen LogP contribution in [0.3, 0.4) is 0 Å². The van der Waals surface area contributed by atoms with Crippen molar-refractivity contribution < 1.29 is 4.42 Å². The Bertz CT molecular complexity index is 610. The summed E-state index contributed by atoms with van der Waals surface area (Å²) in [5, 5.41) is 4.14. The molecule has 0 radical (unpaired) electrons. The second kappa shape index (κ2) is 5.62. The van der Waals surface area contributed by atoms with Crippen molar-refractivity contribution in [2.45, 2.75) is 32.7 Å². The molecule has 4 nitrogen and oxygen atoms in total. The van der Waals surface area contributed by atoms with Gasteiger partial charge in [-0.25, -0.2) is 0 Å². The number of nitrogens with zero attached hydrogens (tertiary/aromatic N) is 2. The van der Waals surface area contributed by atoms with Crippen LogP contribution in [-0.4, -0.2) is 30.7 Å². The molecule has 1 saturated heterocycles. The summed E-state index contributed by atoms with van der Waals surface area (Å²) in [6.07, 6.45) is 1.97. The fraction of sp³-hybridized carbons (Fsp3) is 0.533. The number of hydrogen-bond acceptors (Lipinski definition) is 4. The Labute approximate surface area is 124 Å². The van der Waals surface area contributed by atoms with Crippen molar-refractivity contribution in [3.63, 3.8) is 0 Å². The van der Waals surface area contributed by atoms with Crippen LogP contribution < -0.4 is 10.2 Å². The predicted molar refractivity (Wildman–Crippen MR) is 82.7 cm³/mol. The molecule has 0 bridgehead atoms. The molecule has 5 heteroatoms. The van der Waals surface area contributed by atoms with Crippen LogP contribution in [0.25, 0.3) is 11.1 Å². The molecule has 1 unspecified atom stereocenters. The zero-order chi connectivity index (χ0) is 14.1. The molecule has 3 rings (SSSR count). The van der Waals surface area contributed by atoms with Gasteiger partial charge in [0.1, 0.15) is 5.52 Å². The topological polar surface area (TPSA) is 41.3 Å². The largest absolute Gasteiger partial charge is 0.423 e. The van der Waals surface area contributed by atoms with E-state index in [1.54, 1.807) is 0 Å². The molecule has 1 aliphatic rings. The zero-order valence-electron chi connectivity index (χ0n) is 11.9. The predicted octanol–water partition coefficient (Wildman–Crippen LogP) is 3.23. The standard InChI is InChI=1S/C15H20ClN3O/c1-3-10-7-11(16)8-13-14(10)20-15(18-13)19-6-5-17-9-12(19)4-2/h7-8,12,17H,3-6,9H2,1-2H3. The van der Waals surface area contributed by atoms with E-state index in [2.05, 4.69) is 29.0 Å². The number of benzene rings is 1. The van der Waals surface area contributed by atoms with Crippen LogP contribution in [0.2, 0.25) is 5.02 Å². The first-order chi connectivity index (χ1) is 9.72. The number of anilines is 1. The van der Waals surface area contributed by atoms with Crippen molar-refractivity contribution in [3.05, 3.63) is 22.7 Å². The Morgan fingerprint density at radius 2 is 2.30 bits per heavy atom. The summed E-state index contributed by atoms with van der Waals surface area (Å²) in [7, 11) is 0. The molecule has 0 spiro atoms. The normalized spacial score (nSPS) is 19.8. The molecule has 2 aromatic rings. The zero-order valence-corrected chi connectivity index (χ0v) is 12.7. The highest BCUT2D eigenvalue weighted by atomic mass is 35.5. The minimum atomic E-state index is 0.442. The lowest BCUT2D eigenvalue weighted by Crippen LogP contribution is -2.51. The van der Waals surface area contributed by atoms with Crippen molar-refractivity contribution in [1.82, 2.24) is 10.3 Å². The van der Waals surface area contributed by atoms with Crippen LogP contribution in [0, 0.1) is 0 Å². The third-order valence-corrected chi connectivity index (χ3v) is 4.19. The summed E-state index contributed by atoms with van der Waals surface area (Å²) < 4.78 is 6.05. The Morgan fingerprint density at radius 3 is 3.05 bits per heavy atom. The molecule has 2 heterocycles. The first-order valence-corrected chi connectivity index (χ1v) is 7.67. The van der Waals surface area contributed by atoms with Gasteiger partial charge in [0, 0.05) is 30.7 Å². The van der Waals surface area contributed by atoms with Crippen molar-refractivity contribution in [1.29, 1.82) is 0 Å². The monoisotopic (exact) mass is 293 g/mol. The lowest BCUT2D eigenvalue weighted by atomic mass is 10.1. The van der Waals surface area contributed by atoms with E-state index in [0.717, 1.165) is 60.2 Å². The van der Waals surface area contributed by atoms with E-state index < -0.39 is 0 Å². The quantitative estimate of drug-likeness (QED) is 0.943. The Kier molecular flexibility index (Phi) is 3.85. The summed E-state index contributed by atoms with van der Waals surface area (Å²) in [5.74, 6) is 0. The smallest absolute Gasteiger partial charge is 0.298 e. The van der Waals surface area contributed by atoms with Crippen molar-refractivity contribution in [3.8, 4) is 0 Å². The first kappa shape index (κ1) is 13.7. The number of aromatic nitrogens is 1. The van der Waals surface area contributed by atoms with Crippen LogP contribution in [0.5, 0.6) is 0 Å². The fourth-order valence-corrected chi connectivity index (χ4v) is 3.05. The van der Waals surface area contributed by atoms with Gasteiger partial charge in [0.05, 0.1) is 0 Å². The second-order valence-electron chi connectivity index (χ2n) is 5.22. The van der Waals surface area contributed by atoms with E-state index in [4.69, 9.17) is 16.0 Å². The number of piperazine rings is 1. The SMILES string of the molecule is CCc1cc(Cl)cc2nc(N3CCNCC3CC)oc12. The molecule has 1 N–H and O–H groups in total. The minimum absolute atomic E-state index is 0.442. The third kappa shape index (κ3) is 2.38. The second-order valence-corrected chi connectivity index (χ2v) is 5.66. The maximum Gasteiger partial charge on any atom is 0.298 e. The minimum Gasteiger partial charge on any atom is -0.423 e. The number of halogens is 1. The average molecular weight is 294 g/mol. The molecule has 20 heavy (non-hydrogen) atoms. The highest BCUT2D eigenvalue weighted by Gasteiger charge is 2.25. The number of rotatable bonds is 3. The fourth-order valence-electron chi connectivity index (χ4n) is 2.82. The number of hydrogen-bond donors (Lipinski definition) is 1. The van der Waals surface area contributed by atoms with Crippen molar-refractivity contribution in [2.24, 2.45) is 0 Å². The van der Waals surface area contributed by atoms with Gasteiger partial charge in [0.15, 0.2) is 5.58 Å². The summed E-state index contributed by atoms with van der Waals surface area (Å²) in [6.45, 7) is 7.18. The van der Waals surface area contributed by atoms with Gasteiger partial charge in [0.25, 0.3) is 6.01 Å². The summed E-state index contributed by atoms with van der Waals surface area (Å²) in [5.41, 5.74) is 2.85. The number of oxazole rings is 1. The number of nitrogens with one attached hydrogen (secondary N) is 1. The van der Waals surface area contributed by atoms with Crippen LogP contribution in [0.15, 0.2) is 16.5 Å². The van der Waals surface area contributed by atoms with E-state index in [-0.39, 0.29) is 0 Å². The molecular weight excluding hydrogens is 274 g/mol. The third-order valence-electron chi connectivity index (χ3n) is 3.97. The molecule has 1 aromatic carbocycles. The van der Waals surface area contributed by atoms with E-state index in [0.29, 0.717) is 6.04 Å². The van der Waals surface area contributed by atoms with Gasteiger partial charge in [-0.15, -0.1) is 0 Å². The van der Waals surface area contributed by atoms with Gasteiger partial charge in [0.2, 0.25) is 0 Å². The lowest BCUT2D eigenvalue weighted by Gasteiger charge is -2.34. The molecule has 1 aliphatic heterocycles. The Balaban J connectivity index is 2.03. The van der Waals surface area contributed by atoms with E-state index >= 15 is 0 Å². The highest BCUT2D eigenvalue weighted by molar-refractivity contribution is 6.31. The summed E-state index contributed by atoms with van der Waals surface area (Å²) in [4.78, 5) is 6.92. The molecule has 0 saturated carbocycles. The van der Waals surface area contributed by atoms with Crippen LogP contribution in [0.1, 0.15) is 25.8 Å². The van der Waals surface area contributed by atoms with Gasteiger partial charge in [-0.3, -0.25) is 0 Å². The lowest BCUT2D eigenvalue weighted by molar-refractivity contribution is 0.430. The van der Waals surface area contributed by atoms with E-state index in [9.17, 15) is 0 Å². The van der Waals surface area contributed by atoms with Gasteiger partial charge in [-0.05, 0) is 30.5 Å². The van der Waals surface area contributed by atoms with Gasteiger partial charge in [-0.2, -0.15) is 4.98 Å². The van der Waals surface area contributed by atoms with Crippen molar-refractivity contribution >= 4 is 28.7 Å². The van der Waals surface area contributed by atoms with Crippen molar-refractivity contribution in [2.75, 3.05) is 24.5 Å². The van der Waals surface area contributed by atoms with Crippen LogP contribution >= 0.6 is 11.6 Å². The van der Waals surface area contributed by atoms with Gasteiger partial charge >= 0.3 is 0 Å². The molecule has 0 aliphatic carbocycles. The Hall–Kier alpha value is -1.26. The maximum atomic E-state index is 6.15. The molecule has 1 fully saturated rings. The first-order valence-electron chi connectivity index (χ1n) is 7.29. The van der Waals surface area contributed by atoms with Gasteiger partial charge < -0.3 is 14.6 Å². The number of aryl methyl sites for hydroxylation is 1. The van der Waals surface area contributed by atoms with Crippen LogP contribution in [0.4, 0.5) is 6.01 Å². The highest BCUT2D eigenvalue weighted by Crippen LogP contribution is 2.30. The van der Waals surface area contributed by atoms with E-state index in [1.807, 2.05) is 12.1 Å². The molecule has 108 valence electrons.